The van der Waals surface area contributed by atoms with E-state index >= 15 is 0 Å². The summed E-state index contributed by atoms with van der Waals surface area (Å²) in [7, 11) is -4.65. The monoisotopic (exact) mass is 372 g/mol. The number of fused-ring (bicyclic) bond motifs is 1. The van der Waals surface area contributed by atoms with Gasteiger partial charge in [-0.15, -0.1) is 0 Å². The summed E-state index contributed by atoms with van der Waals surface area (Å²) in [5.74, 6) is -6.17. The van der Waals surface area contributed by atoms with Crippen molar-refractivity contribution < 1.29 is 31.1 Å². The van der Waals surface area contributed by atoms with Gasteiger partial charge >= 0.3 is 0 Å². The van der Waals surface area contributed by atoms with E-state index in [2.05, 4.69) is 0 Å². The number of carbonyl (C=O) groups excluding carboxylic acids is 1. The van der Waals surface area contributed by atoms with E-state index in [1.54, 1.807) is 0 Å². The molecule has 132 valence electrons. The van der Waals surface area contributed by atoms with Gasteiger partial charge in [0.05, 0.1) is 12.2 Å². The highest BCUT2D eigenvalue weighted by atomic mass is 32.2. The first-order valence-electron chi connectivity index (χ1n) is 6.94. The first-order chi connectivity index (χ1) is 11.7. The fourth-order valence-electron chi connectivity index (χ4n) is 2.40. The van der Waals surface area contributed by atoms with Crippen molar-refractivity contribution in [2.24, 2.45) is 5.73 Å². The van der Waals surface area contributed by atoms with E-state index in [-0.39, 0.29) is 11.4 Å². The maximum Gasteiger partial charge on any atom is 0.267 e. The van der Waals surface area contributed by atoms with Gasteiger partial charge in [0.2, 0.25) is 0 Å². The van der Waals surface area contributed by atoms with Crippen LogP contribution in [-0.4, -0.2) is 27.0 Å². The van der Waals surface area contributed by atoms with E-state index < -0.39 is 50.9 Å². The van der Waals surface area contributed by atoms with Gasteiger partial charge in [-0.2, -0.15) is 0 Å². The molecule has 0 aliphatic carbocycles. The molecule has 1 aliphatic heterocycles. The van der Waals surface area contributed by atoms with Crippen LogP contribution in [0.2, 0.25) is 0 Å². The van der Waals surface area contributed by atoms with E-state index in [0.717, 1.165) is 0 Å². The van der Waals surface area contributed by atoms with Crippen LogP contribution in [0.4, 0.5) is 18.9 Å². The molecule has 1 atom stereocenters. The maximum atomic E-state index is 14.0. The number of primary amides is 1. The Morgan fingerprint density at radius 2 is 1.80 bits per heavy atom. The smallest absolute Gasteiger partial charge is 0.267 e. The molecule has 1 aliphatic rings. The minimum absolute atomic E-state index is 0.0177. The van der Waals surface area contributed by atoms with Crippen LogP contribution in [0.5, 0.6) is 5.75 Å². The van der Waals surface area contributed by atoms with Crippen LogP contribution < -0.4 is 14.8 Å². The van der Waals surface area contributed by atoms with Crippen LogP contribution in [0.3, 0.4) is 0 Å². The summed E-state index contributed by atoms with van der Waals surface area (Å²) >= 11 is 0. The molecular formula is C15H11F3N2O4S. The number of nitrogens with zero attached hydrogens (tertiary/aromatic N) is 1. The number of anilines is 1. The number of halogens is 3. The molecule has 0 unspecified atom stereocenters. The lowest BCUT2D eigenvalue weighted by molar-refractivity contribution is -0.124. The zero-order chi connectivity index (χ0) is 18.4. The quantitative estimate of drug-likeness (QED) is 0.828. The highest BCUT2D eigenvalue weighted by Gasteiger charge is 2.38. The third-order valence-electron chi connectivity index (χ3n) is 3.62. The molecular weight excluding hydrogens is 361 g/mol. The van der Waals surface area contributed by atoms with Crippen LogP contribution in [-0.2, 0) is 14.8 Å². The van der Waals surface area contributed by atoms with Gasteiger partial charge in [-0.3, -0.25) is 9.10 Å². The highest BCUT2D eigenvalue weighted by molar-refractivity contribution is 7.92. The predicted molar refractivity (Wildman–Crippen MR) is 80.9 cm³/mol. The number of rotatable bonds is 3. The van der Waals surface area contributed by atoms with Crippen LogP contribution in [0.15, 0.2) is 41.3 Å². The zero-order valence-electron chi connectivity index (χ0n) is 12.4. The third kappa shape index (κ3) is 2.78. The fourth-order valence-corrected chi connectivity index (χ4v) is 3.94. The van der Waals surface area contributed by atoms with Crippen LogP contribution in [0.25, 0.3) is 0 Å². The van der Waals surface area contributed by atoms with Crippen molar-refractivity contribution in [1.29, 1.82) is 0 Å². The predicted octanol–water partition coefficient (Wildman–Crippen LogP) is 1.55. The summed E-state index contributed by atoms with van der Waals surface area (Å²) in [6.07, 6.45) is -1.32. The van der Waals surface area contributed by atoms with Gasteiger partial charge in [0.15, 0.2) is 23.6 Å². The van der Waals surface area contributed by atoms with Crippen molar-refractivity contribution in [3.8, 4) is 5.75 Å². The number of ether oxygens (including phenoxy) is 1. The normalized spacial score (nSPS) is 16.9. The van der Waals surface area contributed by atoms with E-state index in [1.165, 1.54) is 24.3 Å². The molecule has 0 bridgehead atoms. The third-order valence-corrected chi connectivity index (χ3v) is 5.42. The van der Waals surface area contributed by atoms with Gasteiger partial charge in [0.1, 0.15) is 10.6 Å². The molecule has 1 heterocycles. The van der Waals surface area contributed by atoms with Crippen molar-refractivity contribution in [3.63, 3.8) is 0 Å². The maximum absolute atomic E-state index is 14.0. The summed E-state index contributed by atoms with van der Waals surface area (Å²) in [4.78, 5) is 10.4. The van der Waals surface area contributed by atoms with Crippen molar-refractivity contribution in [1.82, 2.24) is 0 Å². The Hall–Kier alpha value is -2.75. The van der Waals surface area contributed by atoms with Gasteiger partial charge in [0.25, 0.3) is 15.9 Å². The number of sulfonamides is 1. The lowest BCUT2D eigenvalue weighted by Crippen LogP contribution is -2.49. The number of carbonyl (C=O) groups is 1. The minimum atomic E-state index is -4.65. The van der Waals surface area contributed by atoms with E-state index in [9.17, 15) is 26.4 Å². The lowest BCUT2D eigenvalue weighted by Gasteiger charge is -2.34. The van der Waals surface area contributed by atoms with E-state index in [4.69, 9.17) is 10.5 Å². The lowest BCUT2D eigenvalue weighted by atomic mass is 10.2. The Morgan fingerprint density at radius 3 is 2.48 bits per heavy atom. The number of amides is 1. The van der Waals surface area contributed by atoms with Crippen LogP contribution >= 0.6 is 0 Å². The molecule has 10 heteroatoms. The molecule has 1 amide bonds. The first-order valence-corrected chi connectivity index (χ1v) is 8.38. The minimum Gasteiger partial charge on any atom is -0.476 e. The highest BCUT2D eigenvalue weighted by Crippen LogP contribution is 2.37. The summed E-state index contributed by atoms with van der Waals surface area (Å²) in [6, 6.07) is 6.90. The molecule has 0 saturated carbocycles. The van der Waals surface area contributed by atoms with Crippen molar-refractivity contribution in [2.75, 3.05) is 10.8 Å². The Labute approximate surface area is 140 Å². The number of hydrogen-bond donors (Lipinski definition) is 1. The molecule has 0 fully saturated rings. The summed E-state index contributed by atoms with van der Waals surface area (Å²) in [5, 5.41) is 0. The van der Waals surface area contributed by atoms with Crippen LogP contribution in [0.1, 0.15) is 0 Å². The standard InChI is InChI=1S/C15H11F3N2O4S/c16-8-5-6-12(14(18)13(8)17)25(22,23)20-7-11(15(19)21)24-10-4-2-1-3-9(10)20/h1-6,11H,7H2,(H2,19,21)/t11-/m0/s1. The molecule has 2 N–H and O–H groups in total. The van der Waals surface area contributed by atoms with Crippen molar-refractivity contribution >= 4 is 21.6 Å². The second-order valence-electron chi connectivity index (χ2n) is 5.19. The van der Waals surface area contributed by atoms with Crippen molar-refractivity contribution in [2.45, 2.75) is 11.0 Å². The average molecular weight is 372 g/mol. The molecule has 25 heavy (non-hydrogen) atoms. The fraction of sp³-hybridized carbons (Fsp3) is 0.133. The molecule has 2 aromatic rings. The number of nitrogens with two attached hydrogens (primary N) is 1. The molecule has 6 nitrogen and oxygen atoms in total. The number of benzene rings is 2. The summed E-state index contributed by atoms with van der Waals surface area (Å²) in [6.45, 7) is -0.535. The zero-order valence-corrected chi connectivity index (χ0v) is 13.3. The molecule has 0 saturated heterocycles. The first kappa shape index (κ1) is 17.1. The van der Waals surface area contributed by atoms with Gasteiger partial charge in [0, 0.05) is 0 Å². The molecule has 0 radical (unpaired) electrons. The van der Waals surface area contributed by atoms with Crippen LogP contribution in [0, 0.1) is 17.5 Å². The second-order valence-corrected chi connectivity index (χ2v) is 7.02. The Bertz CT molecular complexity index is 965. The van der Waals surface area contributed by atoms with Gasteiger partial charge < -0.3 is 10.5 Å². The molecule has 0 aromatic heterocycles. The van der Waals surface area contributed by atoms with Gasteiger partial charge in [-0.1, -0.05) is 12.1 Å². The van der Waals surface area contributed by atoms with Crippen molar-refractivity contribution in [3.05, 3.63) is 53.8 Å². The van der Waals surface area contributed by atoms with Gasteiger partial charge in [-0.05, 0) is 24.3 Å². The van der Waals surface area contributed by atoms with E-state index in [1.807, 2.05) is 0 Å². The average Bonchev–Trinajstić information content (AvgIpc) is 2.58. The molecule has 3 rings (SSSR count). The summed E-state index contributed by atoms with van der Waals surface area (Å²) in [5.41, 5.74) is 5.19. The number of para-hydroxylation sites is 2. The molecule has 0 spiro atoms. The SMILES string of the molecule is NC(=O)[C@@H]1CN(S(=O)(=O)c2ccc(F)c(F)c2F)c2ccccc2O1. The topological polar surface area (TPSA) is 89.7 Å². The Kier molecular flexibility index (Phi) is 4.07. The van der Waals surface area contributed by atoms with E-state index in [0.29, 0.717) is 16.4 Å². The largest absolute Gasteiger partial charge is 0.476 e. The number of hydrogen-bond acceptors (Lipinski definition) is 4. The summed E-state index contributed by atoms with van der Waals surface area (Å²) < 4.78 is 72.1. The Morgan fingerprint density at radius 1 is 1.12 bits per heavy atom. The van der Waals surface area contributed by atoms with Gasteiger partial charge in [-0.25, -0.2) is 21.6 Å². The molecule has 2 aromatic carbocycles. The Balaban J connectivity index is 2.17. The second kappa shape index (κ2) is 5.96.